The first-order valence-corrected chi connectivity index (χ1v) is 4.82. The van der Waals surface area contributed by atoms with E-state index in [1.165, 1.54) is 0 Å². The maximum Gasteiger partial charge on any atom is 0.171 e. The van der Waals surface area contributed by atoms with Gasteiger partial charge in [0.05, 0.1) is 5.02 Å². The molecule has 0 aliphatic carbocycles. The summed E-state index contributed by atoms with van der Waals surface area (Å²) in [5.74, 6) is 0.517. The van der Waals surface area contributed by atoms with E-state index in [0.29, 0.717) is 28.3 Å². The van der Waals surface area contributed by atoms with E-state index >= 15 is 0 Å². The van der Waals surface area contributed by atoms with Crippen LogP contribution in [0, 0.1) is 0 Å². The number of aliphatic hydroxyl groups excluding tert-OH is 1. The minimum atomic E-state index is -0.583. The number of nitrogens with zero attached hydrogens (tertiary/aromatic N) is 1. The van der Waals surface area contributed by atoms with Gasteiger partial charge in [-0.3, -0.25) is 4.98 Å². The molecule has 2 heterocycles. The molecule has 1 unspecified atom stereocenters. The molecule has 2 aromatic heterocycles. The quantitative estimate of drug-likeness (QED) is 0.831. The van der Waals surface area contributed by atoms with Crippen LogP contribution in [0.5, 0.6) is 0 Å². The van der Waals surface area contributed by atoms with E-state index in [4.69, 9.17) is 16.0 Å². The molecule has 0 amide bonds. The Morgan fingerprint density at radius 2 is 2.43 bits per heavy atom. The predicted molar refractivity (Wildman–Crippen MR) is 54.3 cm³/mol. The summed E-state index contributed by atoms with van der Waals surface area (Å²) in [5.41, 5.74) is 1.22. The Morgan fingerprint density at radius 1 is 1.64 bits per heavy atom. The summed E-state index contributed by atoms with van der Waals surface area (Å²) < 4.78 is 5.41. The van der Waals surface area contributed by atoms with Crippen molar-refractivity contribution in [2.45, 2.75) is 19.4 Å². The molecule has 4 heteroatoms. The van der Waals surface area contributed by atoms with E-state index in [0.717, 1.165) is 0 Å². The van der Waals surface area contributed by atoms with Crippen molar-refractivity contribution >= 4 is 22.7 Å². The van der Waals surface area contributed by atoms with E-state index in [9.17, 15) is 5.11 Å². The average molecular weight is 212 g/mol. The molecule has 0 aliphatic rings. The third-order valence-electron chi connectivity index (χ3n) is 2.10. The SMILES string of the molecule is CCC(O)c1cc2nccc(Cl)c2o1. The molecule has 0 spiro atoms. The molecule has 0 saturated carbocycles. The first kappa shape index (κ1) is 9.49. The van der Waals surface area contributed by atoms with Crippen LogP contribution in [0.4, 0.5) is 0 Å². The second-order valence-corrected chi connectivity index (χ2v) is 3.49. The lowest BCUT2D eigenvalue weighted by Gasteiger charge is -2.00. The van der Waals surface area contributed by atoms with E-state index in [2.05, 4.69) is 4.98 Å². The molecule has 0 aliphatic heterocycles. The number of halogens is 1. The Hall–Kier alpha value is -1.06. The first-order valence-electron chi connectivity index (χ1n) is 4.44. The summed E-state index contributed by atoms with van der Waals surface area (Å²) in [6.45, 7) is 1.88. The molecule has 0 radical (unpaired) electrons. The molecule has 1 N–H and O–H groups in total. The Balaban J connectivity index is 2.56. The Kier molecular flexibility index (Phi) is 2.44. The van der Waals surface area contributed by atoms with Crippen molar-refractivity contribution < 1.29 is 9.52 Å². The van der Waals surface area contributed by atoms with Gasteiger partial charge < -0.3 is 9.52 Å². The normalized spacial score (nSPS) is 13.4. The smallest absolute Gasteiger partial charge is 0.171 e. The van der Waals surface area contributed by atoms with Crippen LogP contribution in [0.2, 0.25) is 5.02 Å². The molecular formula is C10H10ClNO2. The number of rotatable bonds is 2. The van der Waals surface area contributed by atoms with E-state index in [-0.39, 0.29) is 0 Å². The van der Waals surface area contributed by atoms with Gasteiger partial charge in [0, 0.05) is 12.3 Å². The van der Waals surface area contributed by atoms with E-state index in [1.54, 1.807) is 18.3 Å². The summed E-state index contributed by atoms with van der Waals surface area (Å²) in [6, 6.07) is 3.38. The van der Waals surface area contributed by atoms with Crippen molar-refractivity contribution in [2.75, 3.05) is 0 Å². The van der Waals surface area contributed by atoms with Gasteiger partial charge in [0.15, 0.2) is 5.58 Å². The fraction of sp³-hybridized carbons (Fsp3) is 0.300. The number of hydrogen-bond donors (Lipinski definition) is 1. The van der Waals surface area contributed by atoms with Crippen LogP contribution >= 0.6 is 11.6 Å². The van der Waals surface area contributed by atoms with Crippen molar-refractivity contribution in [1.82, 2.24) is 4.98 Å². The molecule has 0 aromatic carbocycles. The average Bonchev–Trinajstić information content (AvgIpc) is 2.62. The van der Waals surface area contributed by atoms with Crippen LogP contribution < -0.4 is 0 Å². The van der Waals surface area contributed by atoms with Gasteiger partial charge in [0.1, 0.15) is 17.4 Å². The maximum absolute atomic E-state index is 9.56. The molecule has 2 rings (SSSR count). The van der Waals surface area contributed by atoms with Crippen molar-refractivity contribution in [1.29, 1.82) is 0 Å². The Morgan fingerprint density at radius 3 is 3.07 bits per heavy atom. The monoisotopic (exact) mass is 211 g/mol. The van der Waals surface area contributed by atoms with Crippen LogP contribution in [-0.2, 0) is 0 Å². The molecule has 14 heavy (non-hydrogen) atoms. The van der Waals surface area contributed by atoms with Gasteiger partial charge in [-0.05, 0) is 12.5 Å². The van der Waals surface area contributed by atoms with Gasteiger partial charge in [0.25, 0.3) is 0 Å². The van der Waals surface area contributed by atoms with Crippen molar-refractivity contribution in [3.63, 3.8) is 0 Å². The van der Waals surface area contributed by atoms with Crippen LogP contribution in [0.15, 0.2) is 22.7 Å². The topological polar surface area (TPSA) is 46.3 Å². The minimum absolute atomic E-state index is 0.517. The van der Waals surface area contributed by atoms with Crippen LogP contribution in [-0.4, -0.2) is 10.1 Å². The van der Waals surface area contributed by atoms with Gasteiger partial charge in [0.2, 0.25) is 0 Å². The molecular weight excluding hydrogens is 202 g/mol. The fourth-order valence-electron chi connectivity index (χ4n) is 1.29. The Bertz CT molecular complexity index is 452. The number of pyridine rings is 1. The second kappa shape index (κ2) is 3.59. The zero-order valence-corrected chi connectivity index (χ0v) is 8.45. The number of furan rings is 1. The molecule has 0 bridgehead atoms. The van der Waals surface area contributed by atoms with Crippen molar-refractivity contribution in [2.24, 2.45) is 0 Å². The molecule has 2 aromatic rings. The zero-order valence-electron chi connectivity index (χ0n) is 7.70. The number of fused-ring (bicyclic) bond motifs is 1. The van der Waals surface area contributed by atoms with Crippen molar-refractivity contribution in [3.05, 3.63) is 29.1 Å². The third kappa shape index (κ3) is 1.49. The van der Waals surface area contributed by atoms with Crippen molar-refractivity contribution in [3.8, 4) is 0 Å². The van der Waals surface area contributed by atoms with Gasteiger partial charge in [-0.1, -0.05) is 18.5 Å². The van der Waals surface area contributed by atoms with Gasteiger partial charge in [-0.15, -0.1) is 0 Å². The highest BCUT2D eigenvalue weighted by Crippen LogP contribution is 2.28. The minimum Gasteiger partial charge on any atom is -0.455 e. The second-order valence-electron chi connectivity index (χ2n) is 3.08. The largest absolute Gasteiger partial charge is 0.455 e. The molecule has 0 fully saturated rings. The first-order chi connectivity index (χ1) is 6.72. The number of hydrogen-bond acceptors (Lipinski definition) is 3. The van der Waals surface area contributed by atoms with Gasteiger partial charge in [-0.2, -0.15) is 0 Å². The van der Waals surface area contributed by atoms with Gasteiger partial charge >= 0.3 is 0 Å². The fourth-order valence-corrected chi connectivity index (χ4v) is 1.48. The molecule has 74 valence electrons. The third-order valence-corrected chi connectivity index (χ3v) is 2.40. The lowest BCUT2D eigenvalue weighted by molar-refractivity contribution is 0.148. The van der Waals surface area contributed by atoms with Crippen LogP contribution in [0.1, 0.15) is 25.2 Å². The summed E-state index contributed by atoms with van der Waals surface area (Å²) in [6.07, 6.45) is 1.64. The van der Waals surface area contributed by atoms with Crippen LogP contribution in [0.3, 0.4) is 0 Å². The number of aliphatic hydroxyl groups is 1. The summed E-state index contributed by atoms with van der Waals surface area (Å²) in [7, 11) is 0. The van der Waals surface area contributed by atoms with E-state index < -0.39 is 6.10 Å². The maximum atomic E-state index is 9.56. The van der Waals surface area contributed by atoms with Crippen LogP contribution in [0.25, 0.3) is 11.1 Å². The summed E-state index contributed by atoms with van der Waals surface area (Å²) >= 11 is 5.90. The summed E-state index contributed by atoms with van der Waals surface area (Å²) in [4.78, 5) is 4.09. The molecule has 0 saturated heterocycles. The standard InChI is InChI=1S/C10H10ClNO2/c1-2-8(13)9-5-7-10(14-9)6(11)3-4-12-7/h3-5,8,13H,2H2,1H3. The Labute approximate surface area is 86.3 Å². The summed E-state index contributed by atoms with van der Waals surface area (Å²) in [5, 5.41) is 10.1. The number of aromatic nitrogens is 1. The highest BCUT2D eigenvalue weighted by Gasteiger charge is 2.13. The highest BCUT2D eigenvalue weighted by atomic mass is 35.5. The molecule has 1 atom stereocenters. The lowest BCUT2D eigenvalue weighted by atomic mass is 10.2. The van der Waals surface area contributed by atoms with Gasteiger partial charge in [-0.25, -0.2) is 0 Å². The highest BCUT2D eigenvalue weighted by molar-refractivity contribution is 6.34. The predicted octanol–water partition coefficient (Wildman–Crippen LogP) is 2.92. The zero-order chi connectivity index (χ0) is 10.1. The molecule has 3 nitrogen and oxygen atoms in total. The van der Waals surface area contributed by atoms with E-state index in [1.807, 2.05) is 6.92 Å². The lowest BCUT2D eigenvalue weighted by Crippen LogP contribution is -1.91.